The molecular formula is C16H29NO4. The Morgan fingerprint density at radius 3 is 2.57 bits per heavy atom. The average molecular weight is 299 g/mol. The zero-order chi connectivity index (χ0) is 15.9. The molecule has 0 saturated heterocycles. The van der Waals surface area contributed by atoms with Crippen LogP contribution in [0.15, 0.2) is 0 Å². The average Bonchev–Trinajstić information content (AvgIpc) is 2.32. The number of alkyl carbamates (subject to hydrolysis) is 1. The molecule has 122 valence electrons. The second-order valence-corrected chi connectivity index (χ2v) is 6.92. The van der Waals surface area contributed by atoms with Crippen molar-refractivity contribution in [3.63, 3.8) is 0 Å². The largest absolute Gasteiger partial charge is 0.462 e. The fraction of sp³-hybridized carbons (Fsp3) is 0.875. The third kappa shape index (κ3) is 8.58. The van der Waals surface area contributed by atoms with Gasteiger partial charge in [-0.05, 0) is 52.4 Å². The molecule has 2 unspecified atom stereocenters. The lowest BCUT2D eigenvalue weighted by Gasteiger charge is -2.26. The molecule has 1 N–H and O–H groups in total. The van der Waals surface area contributed by atoms with Crippen LogP contribution in [0.2, 0.25) is 0 Å². The fourth-order valence-corrected chi connectivity index (χ4v) is 2.47. The highest BCUT2D eigenvalue weighted by atomic mass is 16.6. The minimum absolute atomic E-state index is 0.0834. The van der Waals surface area contributed by atoms with Crippen LogP contribution in [0.4, 0.5) is 4.79 Å². The zero-order valence-electron chi connectivity index (χ0n) is 13.7. The molecule has 5 heteroatoms. The van der Waals surface area contributed by atoms with Crippen LogP contribution < -0.4 is 5.32 Å². The molecule has 1 saturated carbocycles. The minimum Gasteiger partial charge on any atom is -0.462 e. The lowest BCUT2D eigenvalue weighted by molar-refractivity contribution is -0.151. The van der Waals surface area contributed by atoms with Crippen molar-refractivity contribution >= 4 is 12.1 Å². The van der Waals surface area contributed by atoms with Gasteiger partial charge in [0, 0.05) is 13.0 Å². The van der Waals surface area contributed by atoms with Crippen LogP contribution in [0.3, 0.4) is 0 Å². The third-order valence-electron chi connectivity index (χ3n) is 3.41. The second kappa shape index (κ2) is 8.25. The highest BCUT2D eigenvalue weighted by Crippen LogP contribution is 2.25. The number of esters is 1. The molecule has 0 radical (unpaired) electrons. The van der Waals surface area contributed by atoms with E-state index in [0.29, 0.717) is 25.3 Å². The molecular weight excluding hydrogens is 270 g/mol. The van der Waals surface area contributed by atoms with Gasteiger partial charge in [-0.25, -0.2) is 4.79 Å². The molecule has 1 aliphatic carbocycles. The third-order valence-corrected chi connectivity index (χ3v) is 3.41. The first-order valence-corrected chi connectivity index (χ1v) is 7.92. The Kier molecular flexibility index (Phi) is 6.99. The summed E-state index contributed by atoms with van der Waals surface area (Å²) < 4.78 is 10.6. The van der Waals surface area contributed by atoms with Crippen molar-refractivity contribution in [3.8, 4) is 0 Å². The van der Waals surface area contributed by atoms with Crippen molar-refractivity contribution in [2.45, 2.75) is 77.9 Å². The van der Waals surface area contributed by atoms with Gasteiger partial charge in [-0.3, -0.25) is 4.79 Å². The van der Waals surface area contributed by atoms with Gasteiger partial charge in [0.25, 0.3) is 0 Å². The van der Waals surface area contributed by atoms with Gasteiger partial charge < -0.3 is 14.8 Å². The highest BCUT2D eigenvalue weighted by Gasteiger charge is 2.22. The first-order chi connectivity index (χ1) is 9.76. The van der Waals surface area contributed by atoms with Crippen LogP contribution in [0.25, 0.3) is 0 Å². The summed E-state index contributed by atoms with van der Waals surface area (Å²) in [6.45, 7) is 8.06. The molecule has 0 heterocycles. The maximum absolute atomic E-state index is 11.7. The fourth-order valence-electron chi connectivity index (χ4n) is 2.47. The minimum atomic E-state index is -0.499. The molecule has 2 atom stereocenters. The number of carbonyl (C=O) groups is 2. The van der Waals surface area contributed by atoms with E-state index in [2.05, 4.69) is 12.2 Å². The Morgan fingerprint density at radius 1 is 1.24 bits per heavy atom. The summed E-state index contributed by atoms with van der Waals surface area (Å²) in [5, 5.41) is 2.64. The smallest absolute Gasteiger partial charge is 0.407 e. The van der Waals surface area contributed by atoms with Crippen molar-refractivity contribution in [1.29, 1.82) is 0 Å². The summed E-state index contributed by atoms with van der Waals surface area (Å²) in [5.74, 6) is 0.477. The Labute approximate surface area is 127 Å². The lowest BCUT2D eigenvalue weighted by atomic mass is 9.89. The number of ether oxygens (including phenoxy) is 2. The molecule has 21 heavy (non-hydrogen) atoms. The van der Waals surface area contributed by atoms with Crippen molar-refractivity contribution in [1.82, 2.24) is 5.32 Å². The molecule has 0 aliphatic heterocycles. The van der Waals surface area contributed by atoms with Crippen molar-refractivity contribution < 1.29 is 19.1 Å². The number of hydrogen-bond donors (Lipinski definition) is 1. The van der Waals surface area contributed by atoms with Crippen LogP contribution >= 0.6 is 0 Å². The van der Waals surface area contributed by atoms with E-state index in [9.17, 15) is 9.59 Å². The van der Waals surface area contributed by atoms with Gasteiger partial charge in [-0.2, -0.15) is 0 Å². The van der Waals surface area contributed by atoms with E-state index in [-0.39, 0.29) is 12.1 Å². The maximum atomic E-state index is 11.7. The standard InChI is InChI=1S/C16H29NO4/c1-12-7-5-8-13(11-12)20-14(18)9-6-10-17-15(19)21-16(2,3)4/h12-13H,5-11H2,1-4H3,(H,17,19). The number of carbonyl (C=O) groups excluding carboxylic acids is 2. The number of hydrogen-bond acceptors (Lipinski definition) is 4. The van der Waals surface area contributed by atoms with Crippen LogP contribution in [0.5, 0.6) is 0 Å². The van der Waals surface area contributed by atoms with Crippen LogP contribution in [-0.2, 0) is 14.3 Å². The van der Waals surface area contributed by atoms with E-state index < -0.39 is 11.7 Å². The van der Waals surface area contributed by atoms with E-state index in [1.807, 2.05) is 20.8 Å². The summed E-state index contributed by atoms with van der Waals surface area (Å²) in [7, 11) is 0. The molecule has 0 spiro atoms. The van der Waals surface area contributed by atoms with Gasteiger partial charge in [0.2, 0.25) is 0 Å². The van der Waals surface area contributed by atoms with E-state index in [0.717, 1.165) is 19.3 Å². The Balaban J connectivity index is 2.09. The van der Waals surface area contributed by atoms with Crippen molar-refractivity contribution in [2.75, 3.05) is 6.54 Å². The molecule has 0 aromatic heterocycles. The highest BCUT2D eigenvalue weighted by molar-refractivity contribution is 5.70. The van der Waals surface area contributed by atoms with Gasteiger partial charge in [0.05, 0.1) is 0 Å². The normalized spacial score (nSPS) is 22.5. The summed E-state index contributed by atoms with van der Waals surface area (Å²) in [6.07, 6.45) is 4.86. The number of amides is 1. The monoisotopic (exact) mass is 299 g/mol. The van der Waals surface area contributed by atoms with Gasteiger partial charge in [-0.15, -0.1) is 0 Å². The maximum Gasteiger partial charge on any atom is 0.407 e. The Bertz CT molecular complexity index is 349. The second-order valence-electron chi connectivity index (χ2n) is 6.92. The van der Waals surface area contributed by atoms with Crippen molar-refractivity contribution in [3.05, 3.63) is 0 Å². The zero-order valence-corrected chi connectivity index (χ0v) is 13.7. The SMILES string of the molecule is CC1CCCC(OC(=O)CCCNC(=O)OC(C)(C)C)C1. The molecule has 1 fully saturated rings. The van der Waals surface area contributed by atoms with E-state index in [4.69, 9.17) is 9.47 Å². The van der Waals surface area contributed by atoms with Crippen LogP contribution in [0, 0.1) is 5.92 Å². The lowest BCUT2D eigenvalue weighted by Crippen LogP contribution is -2.33. The summed E-state index contributed by atoms with van der Waals surface area (Å²) in [6, 6.07) is 0. The quantitative estimate of drug-likeness (QED) is 0.624. The van der Waals surface area contributed by atoms with Crippen molar-refractivity contribution in [2.24, 2.45) is 5.92 Å². The molecule has 1 amide bonds. The predicted octanol–water partition coefficient (Wildman–Crippen LogP) is 3.41. The number of rotatable bonds is 5. The van der Waals surface area contributed by atoms with E-state index >= 15 is 0 Å². The van der Waals surface area contributed by atoms with Crippen LogP contribution in [-0.4, -0.2) is 30.3 Å². The molecule has 0 aromatic carbocycles. The number of nitrogens with one attached hydrogen (secondary N) is 1. The molecule has 5 nitrogen and oxygen atoms in total. The Hall–Kier alpha value is -1.26. The predicted molar refractivity (Wildman–Crippen MR) is 81.0 cm³/mol. The summed E-state index contributed by atoms with van der Waals surface area (Å²) in [4.78, 5) is 23.1. The molecule has 1 aliphatic rings. The topological polar surface area (TPSA) is 64.6 Å². The first-order valence-electron chi connectivity index (χ1n) is 7.92. The summed E-state index contributed by atoms with van der Waals surface area (Å²) in [5.41, 5.74) is -0.499. The molecule has 1 rings (SSSR count). The Morgan fingerprint density at radius 2 is 1.95 bits per heavy atom. The van der Waals surface area contributed by atoms with Gasteiger partial charge >= 0.3 is 12.1 Å². The first kappa shape index (κ1) is 17.8. The van der Waals surface area contributed by atoms with Gasteiger partial charge in [0.1, 0.15) is 11.7 Å². The van der Waals surface area contributed by atoms with Gasteiger partial charge in [-0.1, -0.05) is 13.3 Å². The molecule has 0 bridgehead atoms. The van der Waals surface area contributed by atoms with E-state index in [1.54, 1.807) is 0 Å². The van der Waals surface area contributed by atoms with Crippen LogP contribution in [0.1, 0.15) is 66.2 Å². The molecule has 0 aromatic rings. The van der Waals surface area contributed by atoms with E-state index in [1.165, 1.54) is 6.42 Å². The van der Waals surface area contributed by atoms with Gasteiger partial charge in [0.15, 0.2) is 0 Å². The summed E-state index contributed by atoms with van der Waals surface area (Å²) >= 11 is 0.